The van der Waals surface area contributed by atoms with E-state index in [9.17, 15) is 4.79 Å². The van der Waals surface area contributed by atoms with Crippen LogP contribution in [0.4, 0.5) is 0 Å². The van der Waals surface area contributed by atoms with Crippen LogP contribution in [0, 0.1) is 17.8 Å². The lowest BCUT2D eigenvalue weighted by molar-refractivity contribution is -0.131. The predicted octanol–water partition coefficient (Wildman–Crippen LogP) is 2.19. The van der Waals surface area contributed by atoms with Gasteiger partial charge in [0.25, 0.3) is 0 Å². The van der Waals surface area contributed by atoms with E-state index in [-0.39, 0.29) is 11.9 Å². The minimum atomic E-state index is 0.264. The van der Waals surface area contributed by atoms with Gasteiger partial charge in [-0.1, -0.05) is 13.8 Å². The van der Waals surface area contributed by atoms with E-state index in [2.05, 4.69) is 19.2 Å². The highest BCUT2D eigenvalue weighted by molar-refractivity contribution is 5.80. The van der Waals surface area contributed by atoms with Crippen LogP contribution in [0.15, 0.2) is 0 Å². The quantitative estimate of drug-likeness (QED) is 0.714. The number of hydrogen-bond acceptors (Lipinski definition) is 1. The van der Waals surface area contributed by atoms with E-state index < -0.39 is 0 Å². The summed E-state index contributed by atoms with van der Waals surface area (Å²) in [5.74, 6) is 1.83. The second-order valence-electron chi connectivity index (χ2n) is 4.76. The third-order valence-electron chi connectivity index (χ3n) is 2.95. The third-order valence-corrected chi connectivity index (χ3v) is 2.95. The summed E-state index contributed by atoms with van der Waals surface area (Å²) in [6.07, 6.45) is 2.31. The van der Waals surface area contributed by atoms with Gasteiger partial charge in [0, 0.05) is 12.0 Å². The Bertz CT molecular complexity index is 187. The zero-order chi connectivity index (χ0) is 10.0. The summed E-state index contributed by atoms with van der Waals surface area (Å²) in [6, 6.07) is 0.279. The topological polar surface area (TPSA) is 29.1 Å². The van der Waals surface area contributed by atoms with Crippen molar-refractivity contribution in [3.63, 3.8) is 0 Å². The second kappa shape index (κ2) is 4.12. The van der Waals surface area contributed by atoms with Crippen LogP contribution in [-0.4, -0.2) is 11.9 Å². The molecule has 0 aromatic rings. The van der Waals surface area contributed by atoms with Crippen molar-refractivity contribution >= 4 is 5.91 Å². The molecule has 1 amide bonds. The van der Waals surface area contributed by atoms with E-state index in [1.807, 2.05) is 13.8 Å². The fourth-order valence-electron chi connectivity index (χ4n) is 2.04. The maximum absolute atomic E-state index is 11.6. The SMILES string of the molecule is CC(C)NC(=O)[C@H]1CC[C@H]1C(C)C. The first kappa shape index (κ1) is 10.6. The van der Waals surface area contributed by atoms with E-state index in [1.165, 1.54) is 6.42 Å². The first-order chi connectivity index (χ1) is 6.02. The third kappa shape index (κ3) is 2.45. The number of rotatable bonds is 3. The Morgan fingerprint density at radius 2 is 1.85 bits per heavy atom. The largest absolute Gasteiger partial charge is 0.354 e. The first-order valence-corrected chi connectivity index (χ1v) is 5.32. The average molecular weight is 183 g/mol. The maximum Gasteiger partial charge on any atom is 0.223 e. The molecule has 1 aliphatic carbocycles. The Hall–Kier alpha value is -0.530. The Morgan fingerprint density at radius 3 is 2.15 bits per heavy atom. The van der Waals surface area contributed by atoms with E-state index in [0.29, 0.717) is 17.8 Å². The van der Waals surface area contributed by atoms with Gasteiger partial charge in [-0.2, -0.15) is 0 Å². The summed E-state index contributed by atoms with van der Waals surface area (Å²) in [4.78, 5) is 11.6. The van der Waals surface area contributed by atoms with Crippen molar-refractivity contribution in [1.82, 2.24) is 5.32 Å². The number of carbonyl (C=O) groups is 1. The molecule has 0 heterocycles. The lowest BCUT2D eigenvalue weighted by atomic mass is 9.67. The molecule has 13 heavy (non-hydrogen) atoms. The highest BCUT2D eigenvalue weighted by atomic mass is 16.2. The van der Waals surface area contributed by atoms with Gasteiger partial charge in [0.05, 0.1) is 0 Å². The molecule has 0 unspecified atom stereocenters. The lowest BCUT2D eigenvalue weighted by Gasteiger charge is -2.38. The molecule has 0 aromatic heterocycles. The van der Waals surface area contributed by atoms with Crippen molar-refractivity contribution in [1.29, 1.82) is 0 Å². The van der Waals surface area contributed by atoms with Crippen LogP contribution in [0.3, 0.4) is 0 Å². The minimum Gasteiger partial charge on any atom is -0.354 e. The zero-order valence-corrected chi connectivity index (χ0v) is 9.13. The molecule has 2 nitrogen and oxygen atoms in total. The molecule has 0 saturated heterocycles. The lowest BCUT2D eigenvalue weighted by Crippen LogP contribution is -2.44. The maximum atomic E-state index is 11.6. The molecule has 2 heteroatoms. The molecule has 0 spiro atoms. The highest BCUT2D eigenvalue weighted by Gasteiger charge is 2.37. The molecule has 1 aliphatic rings. The van der Waals surface area contributed by atoms with Gasteiger partial charge in [0.2, 0.25) is 5.91 Å². The molecule has 0 aromatic carbocycles. The van der Waals surface area contributed by atoms with Crippen LogP contribution in [-0.2, 0) is 4.79 Å². The van der Waals surface area contributed by atoms with Crippen molar-refractivity contribution < 1.29 is 4.79 Å². The van der Waals surface area contributed by atoms with Gasteiger partial charge < -0.3 is 5.32 Å². The van der Waals surface area contributed by atoms with Crippen molar-refractivity contribution in [2.45, 2.75) is 46.6 Å². The number of carbonyl (C=O) groups excluding carboxylic acids is 1. The van der Waals surface area contributed by atoms with Crippen LogP contribution in [0.1, 0.15) is 40.5 Å². The summed E-state index contributed by atoms with van der Waals surface area (Å²) >= 11 is 0. The van der Waals surface area contributed by atoms with Gasteiger partial charge in [-0.15, -0.1) is 0 Å². The fourth-order valence-corrected chi connectivity index (χ4v) is 2.04. The molecule has 0 radical (unpaired) electrons. The van der Waals surface area contributed by atoms with E-state index >= 15 is 0 Å². The molecule has 1 N–H and O–H groups in total. The minimum absolute atomic E-state index is 0.264. The van der Waals surface area contributed by atoms with Gasteiger partial charge in [0.1, 0.15) is 0 Å². The predicted molar refractivity (Wildman–Crippen MR) is 54.3 cm³/mol. The Balaban J connectivity index is 2.40. The highest BCUT2D eigenvalue weighted by Crippen LogP contribution is 2.39. The van der Waals surface area contributed by atoms with Gasteiger partial charge in [-0.3, -0.25) is 4.79 Å². The molecular formula is C11H21NO. The van der Waals surface area contributed by atoms with Crippen molar-refractivity contribution in [2.24, 2.45) is 17.8 Å². The Labute approximate surface area is 81.1 Å². The first-order valence-electron chi connectivity index (χ1n) is 5.32. The average Bonchev–Trinajstić information content (AvgIpc) is 1.79. The van der Waals surface area contributed by atoms with Gasteiger partial charge in [0.15, 0.2) is 0 Å². The molecule has 1 rings (SSSR count). The Kier molecular flexibility index (Phi) is 3.34. The summed E-state index contributed by atoms with van der Waals surface area (Å²) in [5.41, 5.74) is 0. The monoisotopic (exact) mass is 183 g/mol. The van der Waals surface area contributed by atoms with Gasteiger partial charge in [-0.05, 0) is 38.5 Å². The van der Waals surface area contributed by atoms with Crippen molar-refractivity contribution in [3.8, 4) is 0 Å². The molecule has 1 fully saturated rings. The number of amides is 1. The molecule has 76 valence electrons. The number of nitrogens with one attached hydrogen (secondary N) is 1. The van der Waals surface area contributed by atoms with E-state index in [4.69, 9.17) is 0 Å². The molecule has 0 bridgehead atoms. The van der Waals surface area contributed by atoms with Gasteiger partial charge in [-0.25, -0.2) is 0 Å². The van der Waals surface area contributed by atoms with Crippen molar-refractivity contribution in [2.75, 3.05) is 0 Å². The van der Waals surface area contributed by atoms with Crippen LogP contribution in [0.2, 0.25) is 0 Å². The standard InChI is InChI=1S/C11H21NO/c1-7(2)9-5-6-10(9)11(13)12-8(3)4/h7-10H,5-6H2,1-4H3,(H,12,13)/t9-,10-/m0/s1. The molecule has 0 aliphatic heterocycles. The zero-order valence-electron chi connectivity index (χ0n) is 9.13. The number of hydrogen-bond donors (Lipinski definition) is 1. The molecule has 2 atom stereocenters. The van der Waals surface area contributed by atoms with Crippen molar-refractivity contribution in [3.05, 3.63) is 0 Å². The molecular weight excluding hydrogens is 162 g/mol. The van der Waals surface area contributed by atoms with Crippen LogP contribution in [0.5, 0.6) is 0 Å². The normalized spacial score (nSPS) is 27.5. The summed E-state index contributed by atoms with van der Waals surface area (Å²) in [5, 5.41) is 2.99. The van der Waals surface area contributed by atoms with Crippen LogP contribution >= 0.6 is 0 Å². The second-order valence-corrected chi connectivity index (χ2v) is 4.76. The fraction of sp³-hybridized carbons (Fsp3) is 0.909. The van der Waals surface area contributed by atoms with Gasteiger partial charge >= 0.3 is 0 Å². The van der Waals surface area contributed by atoms with Crippen LogP contribution < -0.4 is 5.32 Å². The summed E-state index contributed by atoms with van der Waals surface area (Å²) < 4.78 is 0. The Morgan fingerprint density at radius 1 is 1.23 bits per heavy atom. The molecule has 1 saturated carbocycles. The van der Waals surface area contributed by atoms with E-state index in [0.717, 1.165) is 6.42 Å². The summed E-state index contributed by atoms with van der Waals surface area (Å²) in [6.45, 7) is 8.45. The summed E-state index contributed by atoms with van der Waals surface area (Å²) in [7, 11) is 0. The smallest absolute Gasteiger partial charge is 0.223 e. The van der Waals surface area contributed by atoms with Crippen LogP contribution in [0.25, 0.3) is 0 Å². The van der Waals surface area contributed by atoms with E-state index in [1.54, 1.807) is 0 Å².